The molecule has 3 aromatic rings. The van der Waals surface area contributed by atoms with Gasteiger partial charge in [0.15, 0.2) is 5.17 Å². The van der Waals surface area contributed by atoms with E-state index < -0.39 is 0 Å². The van der Waals surface area contributed by atoms with Crippen LogP contribution < -0.4 is 4.90 Å². The van der Waals surface area contributed by atoms with Gasteiger partial charge in [0.1, 0.15) is 0 Å². The van der Waals surface area contributed by atoms with Gasteiger partial charge in [-0.1, -0.05) is 66.7 Å². The zero-order valence-electron chi connectivity index (χ0n) is 13.9. The van der Waals surface area contributed by atoms with Crippen LogP contribution in [0.2, 0.25) is 0 Å². The lowest BCUT2D eigenvalue weighted by molar-refractivity contribution is -0.113. The van der Waals surface area contributed by atoms with Crippen LogP contribution in [0.15, 0.2) is 101 Å². The Morgan fingerprint density at radius 2 is 1.35 bits per heavy atom. The first-order valence-electron chi connectivity index (χ1n) is 8.29. The minimum Gasteiger partial charge on any atom is -0.268 e. The Balaban J connectivity index is 1.77. The van der Waals surface area contributed by atoms with Gasteiger partial charge in [-0.05, 0) is 47.7 Å². The topological polar surface area (TPSA) is 32.7 Å². The van der Waals surface area contributed by atoms with Crippen LogP contribution in [-0.2, 0) is 4.79 Å². The van der Waals surface area contributed by atoms with Gasteiger partial charge < -0.3 is 0 Å². The van der Waals surface area contributed by atoms with Crippen LogP contribution in [0.4, 0.5) is 11.4 Å². The molecule has 126 valence electrons. The third-order valence-electron chi connectivity index (χ3n) is 3.90. The molecule has 0 aromatic heterocycles. The predicted octanol–water partition coefficient (Wildman–Crippen LogP) is 5.50. The zero-order chi connectivity index (χ0) is 17.8. The van der Waals surface area contributed by atoms with E-state index in [2.05, 4.69) is 0 Å². The summed E-state index contributed by atoms with van der Waals surface area (Å²) in [6, 6.07) is 29.2. The highest BCUT2D eigenvalue weighted by Crippen LogP contribution is 2.37. The molecule has 0 spiro atoms. The molecule has 1 aliphatic heterocycles. The van der Waals surface area contributed by atoms with Crippen molar-refractivity contribution in [3.63, 3.8) is 0 Å². The molecule has 1 heterocycles. The largest absolute Gasteiger partial charge is 0.271 e. The van der Waals surface area contributed by atoms with Crippen LogP contribution in [0, 0.1) is 0 Å². The summed E-state index contributed by atoms with van der Waals surface area (Å²) in [5, 5.41) is 0.662. The normalized spacial score (nSPS) is 17.2. The smallest absolute Gasteiger partial charge is 0.268 e. The molecule has 0 unspecified atom stereocenters. The fourth-order valence-electron chi connectivity index (χ4n) is 2.67. The van der Waals surface area contributed by atoms with Crippen LogP contribution in [0.5, 0.6) is 0 Å². The van der Waals surface area contributed by atoms with Gasteiger partial charge in [0.05, 0.1) is 16.3 Å². The Bertz CT molecular complexity index is 967. The summed E-state index contributed by atoms with van der Waals surface area (Å²) in [6.45, 7) is 0. The van der Waals surface area contributed by atoms with Crippen molar-refractivity contribution in [2.24, 2.45) is 4.99 Å². The number of hydrogen-bond donors (Lipinski definition) is 0. The van der Waals surface area contributed by atoms with Crippen molar-refractivity contribution in [1.82, 2.24) is 0 Å². The highest BCUT2D eigenvalue weighted by molar-refractivity contribution is 8.19. The molecule has 0 saturated carbocycles. The van der Waals surface area contributed by atoms with Crippen LogP contribution in [0.1, 0.15) is 5.56 Å². The molecule has 1 aliphatic rings. The van der Waals surface area contributed by atoms with E-state index in [1.807, 2.05) is 97.1 Å². The standard InChI is InChI=1S/C22H16N2OS/c25-21-20(16-17-10-4-1-5-11-17)26-22(23-18-12-6-2-7-13-18)24(21)19-14-8-3-9-15-19/h1-16H. The van der Waals surface area contributed by atoms with E-state index in [0.29, 0.717) is 10.1 Å². The summed E-state index contributed by atoms with van der Waals surface area (Å²) < 4.78 is 0. The number of nitrogens with zero attached hydrogens (tertiary/aromatic N) is 2. The molecule has 1 fully saturated rings. The number of carbonyl (C=O) groups excluding carboxylic acids is 1. The molecule has 26 heavy (non-hydrogen) atoms. The summed E-state index contributed by atoms with van der Waals surface area (Å²) in [5.74, 6) is -0.0558. The minimum atomic E-state index is -0.0558. The quantitative estimate of drug-likeness (QED) is 0.581. The predicted molar refractivity (Wildman–Crippen MR) is 109 cm³/mol. The van der Waals surface area contributed by atoms with Crippen molar-refractivity contribution in [2.45, 2.75) is 0 Å². The van der Waals surface area contributed by atoms with Crippen LogP contribution in [0.3, 0.4) is 0 Å². The Kier molecular flexibility index (Phi) is 4.67. The Morgan fingerprint density at radius 3 is 2.00 bits per heavy atom. The molecule has 4 heteroatoms. The highest BCUT2D eigenvalue weighted by Gasteiger charge is 2.34. The fourth-order valence-corrected chi connectivity index (χ4v) is 3.67. The molecule has 0 N–H and O–H groups in total. The van der Waals surface area contributed by atoms with Crippen molar-refractivity contribution in [2.75, 3.05) is 4.90 Å². The number of anilines is 1. The van der Waals surface area contributed by atoms with E-state index in [1.165, 1.54) is 11.8 Å². The Hall–Kier alpha value is -3.11. The van der Waals surface area contributed by atoms with Gasteiger partial charge in [-0.15, -0.1) is 0 Å². The second-order valence-corrected chi connectivity index (χ2v) is 6.74. The van der Waals surface area contributed by atoms with Crippen molar-refractivity contribution in [3.05, 3.63) is 101 Å². The van der Waals surface area contributed by atoms with Gasteiger partial charge in [0.25, 0.3) is 5.91 Å². The molecule has 1 amide bonds. The number of thioether (sulfide) groups is 1. The maximum atomic E-state index is 13.1. The number of amidine groups is 1. The van der Waals surface area contributed by atoms with Gasteiger partial charge in [0, 0.05) is 0 Å². The van der Waals surface area contributed by atoms with Crippen molar-refractivity contribution < 1.29 is 4.79 Å². The molecule has 1 saturated heterocycles. The van der Waals surface area contributed by atoms with Gasteiger partial charge in [-0.25, -0.2) is 4.99 Å². The zero-order valence-corrected chi connectivity index (χ0v) is 14.8. The van der Waals surface area contributed by atoms with Crippen LogP contribution in [0.25, 0.3) is 6.08 Å². The van der Waals surface area contributed by atoms with Crippen molar-refractivity contribution in [1.29, 1.82) is 0 Å². The third-order valence-corrected chi connectivity index (χ3v) is 4.87. The molecule has 3 aromatic carbocycles. The number of aliphatic imine (C=N–C) groups is 1. The molecule has 0 aliphatic carbocycles. The van der Waals surface area contributed by atoms with E-state index in [1.54, 1.807) is 4.90 Å². The maximum absolute atomic E-state index is 13.1. The average Bonchev–Trinajstić information content (AvgIpc) is 2.99. The summed E-state index contributed by atoms with van der Waals surface area (Å²) >= 11 is 1.40. The second-order valence-electron chi connectivity index (χ2n) is 5.73. The lowest BCUT2D eigenvalue weighted by atomic mass is 10.2. The third kappa shape index (κ3) is 3.46. The van der Waals surface area contributed by atoms with Gasteiger partial charge in [-0.2, -0.15) is 0 Å². The van der Waals surface area contributed by atoms with E-state index in [0.717, 1.165) is 16.9 Å². The summed E-state index contributed by atoms with van der Waals surface area (Å²) in [4.78, 5) is 20.1. The number of amides is 1. The summed E-state index contributed by atoms with van der Waals surface area (Å²) in [7, 11) is 0. The fraction of sp³-hybridized carbons (Fsp3) is 0. The molecule has 3 nitrogen and oxygen atoms in total. The number of carbonyl (C=O) groups is 1. The lowest BCUT2D eigenvalue weighted by Crippen LogP contribution is -2.28. The Morgan fingerprint density at radius 1 is 0.769 bits per heavy atom. The van der Waals surface area contributed by atoms with Gasteiger partial charge in [-0.3, -0.25) is 9.69 Å². The van der Waals surface area contributed by atoms with E-state index in [4.69, 9.17) is 4.99 Å². The SMILES string of the molecule is O=C1C(=Cc2ccccc2)SC(=Nc2ccccc2)N1c1ccccc1. The second kappa shape index (κ2) is 7.42. The molecular formula is C22H16N2OS. The van der Waals surface area contributed by atoms with Crippen LogP contribution in [-0.4, -0.2) is 11.1 Å². The first-order valence-corrected chi connectivity index (χ1v) is 9.11. The summed E-state index contributed by atoms with van der Waals surface area (Å²) in [5.41, 5.74) is 2.64. The van der Waals surface area contributed by atoms with E-state index >= 15 is 0 Å². The maximum Gasteiger partial charge on any atom is 0.271 e. The van der Waals surface area contributed by atoms with E-state index in [-0.39, 0.29) is 5.91 Å². The molecule has 0 radical (unpaired) electrons. The number of hydrogen-bond acceptors (Lipinski definition) is 3. The van der Waals surface area contributed by atoms with Gasteiger partial charge in [0.2, 0.25) is 0 Å². The molecule has 4 rings (SSSR count). The monoisotopic (exact) mass is 356 g/mol. The first-order chi connectivity index (χ1) is 12.8. The first kappa shape index (κ1) is 16.4. The molecule has 0 atom stereocenters. The van der Waals surface area contributed by atoms with Crippen molar-refractivity contribution >= 4 is 40.3 Å². The molecule has 0 bridgehead atoms. The Labute approximate surface area is 156 Å². The summed E-state index contributed by atoms with van der Waals surface area (Å²) in [6.07, 6.45) is 1.91. The van der Waals surface area contributed by atoms with E-state index in [9.17, 15) is 4.79 Å². The average molecular weight is 356 g/mol. The number of benzene rings is 3. The molecular weight excluding hydrogens is 340 g/mol. The van der Waals surface area contributed by atoms with Crippen molar-refractivity contribution in [3.8, 4) is 0 Å². The highest BCUT2D eigenvalue weighted by atomic mass is 32.2. The number of rotatable bonds is 3. The van der Waals surface area contributed by atoms with Gasteiger partial charge >= 0.3 is 0 Å². The number of para-hydroxylation sites is 2. The minimum absolute atomic E-state index is 0.0558. The lowest BCUT2D eigenvalue weighted by Gasteiger charge is -2.15. The van der Waals surface area contributed by atoms with Crippen LogP contribution >= 0.6 is 11.8 Å².